The molecular weight excluding hydrogens is 679 g/mol. The fourth-order valence-electron chi connectivity index (χ4n) is 8.65. The second-order valence-electron chi connectivity index (χ2n) is 15.4. The van der Waals surface area contributed by atoms with E-state index in [1.807, 2.05) is 6.20 Å². The van der Waals surface area contributed by atoms with Gasteiger partial charge in [0.2, 0.25) is 0 Å². The molecule has 268 valence electrons. The highest BCUT2D eigenvalue weighted by molar-refractivity contribution is 6.00. The number of aryl methyl sites for hydroxylation is 1. The minimum atomic E-state index is -0.0992. The van der Waals surface area contributed by atoms with Crippen LogP contribution in [0, 0.1) is 6.92 Å². The minimum Gasteiger partial charge on any atom is -0.310 e. The van der Waals surface area contributed by atoms with Crippen molar-refractivity contribution in [2.45, 2.75) is 26.2 Å². The summed E-state index contributed by atoms with van der Waals surface area (Å²) in [7, 11) is 0. The van der Waals surface area contributed by atoms with E-state index in [9.17, 15) is 0 Å². The van der Waals surface area contributed by atoms with Gasteiger partial charge in [0.15, 0.2) is 0 Å². The molecule has 10 rings (SSSR count). The second kappa shape index (κ2) is 13.4. The summed E-state index contributed by atoms with van der Waals surface area (Å²) in [5.41, 5.74) is 14.3. The molecule has 0 spiro atoms. The van der Waals surface area contributed by atoms with Gasteiger partial charge in [-0.2, -0.15) is 0 Å². The van der Waals surface area contributed by atoms with Crippen molar-refractivity contribution in [1.82, 2.24) is 4.98 Å². The SMILES string of the molecule is Cc1ccc(N(c2ccc(-c3ccc(N(c4ccc5c(c4)C(C)(C)c4ccccc4-5)c4cccc5ccccc45)cc3)cn2)c2cccc3ccccc23)cc1. The number of nitrogens with zero attached hydrogens (tertiary/aromatic N) is 3. The highest BCUT2D eigenvalue weighted by Gasteiger charge is 2.35. The van der Waals surface area contributed by atoms with E-state index < -0.39 is 0 Å². The molecule has 0 radical (unpaired) electrons. The number of hydrogen-bond donors (Lipinski definition) is 0. The summed E-state index contributed by atoms with van der Waals surface area (Å²) < 4.78 is 0. The normalized spacial score (nSPS) is 12.7. The Kier molecular flexibility index (Phi) is 8.04. The number of aromatic nitrogens is 1. The summed E-state index contributed by atoms with van der Waals surface area (Å²) in [5.74, 6) is 0.870. The molecular formula is C53H41N3. The minimum absolute atomic E-state index is 0.0992. The lowest BCUT2D eigenvalue weighted by Crippen LogP contribution is -2.16. The summed E-state index contributed by atoms with van der Waals surface area (Å²) in [6, 6.07) is 68.0. The maximum Gasteiger partial charge on any atom is 0.137 e. The first-order valence-corrected chi connectivity index (χ1v) is 19.4. The molecule has 56 heavy (non-hydrogen) atoms. The molecule has 0 N–H and O–H groups in total. The number of benzene rings is 8. The second-order valence-corrected chi connectivity index (χ2v) is 15.4. The molecule has 1 aliphatic rings. The largest absolute Gasteiger partial charge is 0.310 e. The number of pyridine rings is 1. The number of anilines is 6. The zero-order chi connectivity index (χ0) is 37.8. The van der Waals surface area contributed by atoms with Crippen LogP contribution in [0.2, 0.25) is 0 Å². The zero-order valence-electron chi connectivity index (χ0n) is 31.8. The maximum atomic E-state index is 5.10. The third kappa shape index (κ3) is 5.63. The lowest BCUT2D eigenvalue weighted by Gasteiger charge is -2.29. The number of hydrogen-bond acceptors (Lipinski definition) is 3. The van der Waals surface area contributed by atoms with Gasteiger partial charge < -0.3 is 4.90 Å². The van der Waals surface area contributed by atoms with Crippen molar-refractivity contribution < 1.29 is 0 Å². The van der Waals surface area contributed by atoms with E-state index in [0.29, 0.717) is 0 Å². The van der Waals surface area contributed by atoms with Crippen LogP contribution in [0.15, 0.2) is 194 Å². The first-order valence-electron chi connectivity index (χ1n) is 19.4. The maximum absolute atomic E-state index is 5.10. The molecule has 9 aromatic rings. The smallest absolute Gasteiger partial charge is 0.137 e. The highest BCUT2D eigenvalue weighted by atomic mass is 15.2. The van der Waals surface area contributed by atoms with Crippen LogP contribution in [0.5, 0.6) is 0 Å². The van der Waals surface area contributed by atoms with Crippen LogP contribution in [0.25, 0.3) is 43.8 Å². The molecule has 0 saturated carbocycles. The van der Waals surface area contributed by atoms with E-state index in [1.165, 1.54) is 49.4 Å². The lowest BCUT2D eigenvalue weighted by molar-refractivity contribution is 0.660. The monoisotopic (exact) mass is 719 g/mol. The molecule has 1 aromatic heterocycles. The third-order valence-electron chi connectivity index (χ3n) is 11.6. The van der Waals surface area contributed by atoms with E-state index in [4.69, 9.17) is 4.98 Å². The van der Waals surface area contributed by atoms with Crippen molar-refractivity contribution in [3.63, 3.8) is 0 Å². The van der Waals surface area contributed by atoms with Crippen molar-refractivity contribution >= 4 is 55.8 Å². The highest BCUT2D eigenvalue weighted by Crippen LogP contribution is 2.51. The van der Waals surface area contributed by atoms with E-state index in [0.717, 1.165) is 45.4 Å². The van der Waals surface area contributed by atoms with E-state index in [-0.39, 0.29) is 5.41 Å². The Bertz CT molecular complexity index is 2880. The lowest BCUT2D eigenvalue weighted by atomic mass is 9.82. The van der Waals surface area contributed by atoms with Crippen molar-refractivity contribution in [3.05, 3.63) is 211 Å². The van der Waals surface area contributed by atoms with Crippen LogP contribution < -0.4 is 9.80 Å². The summed E-state index contributed by atoms with van der Waals surface area (Å²) >= 11 is 0. The zero-order valence-corrected chi connectivity index (χ0v) is 31.8. The predicted molar refractivity (Wildman–Crippen MR) is 236 cm³/mol. The van der Waals surface area contributed by atoms with Gasteiger partial charge in [0, 0.05) is 45.0 Å². The average molecular weight is 720 g/mol. The van der Waals surface area contributed by atoms with Gasteiger partial charge in [0.1, 0.15) is 5.82 Å². The van der Waals surface area contributed by atoms with Crippen LogP contribution in [0.3, 0.4) is 0 Å². The third-order valence-corrected chi connectivity index (χ3v) is 11.6. The molecule has 3 nitrogen and oxygen atoms in total. The molecule has 0 unspecified atom stereocenters. The van der Waals surface area contributed by atoms with Gasteiger partial charge in [-0.15, -0.1) is 0 Å². The Balaban J connectivity index is 1.04. The van der Waals surface area contributed by atoms with Crippen molar-refractivity contribution in [2.75, 3.05) is 9.80 Å². The van der Waals surface area contributed by atoms with Gasteiger partial charge in [-0.25, -0.2) is 4.98 Å². The van der Waals surface area contributed by atoms with Crippen molar-refractivity contribution in [2.24, 2.45) is 0 Å². The Labute approximate surface area is 328 Å². The molecule has 1 heterocycles. The summed E-state index contributed by atoms with van der Waals surface area (Å²) in [6.07, 6.45) is 2.00. The Morgan fingerprint density at radius 3 is 1.64 bits per heavy atom. The molecule has 3 heteroatoms. The fourth-order valence-corrected chi connectivity index (χ4v) is 8.65. The van der Waals surface area contributed by atoms with Crippen molar-refractivity contribution in [1.29, 1.82) is 0 Å². The predicted octanol–water partition coefficient (Wildman–Crippen LogP) is 14.6. The van der Waals surface area contributed by atoms with E-state index in [1.54, 1.807) is 0 Å². The summed E-state index contributed by atoms with van der Waals surface area (Å²) in [4.78, 5) is 9.77. The molecule has 0 aliphatic heterocycles. The molecule has 0 fully saturated rings. The first kappa shape index (κ1) is 33.6. The average Bonchev–Trinajstić information content (AvgIpc) is 3.48. The quantitative estimate of drug-likeness (QED) is 0.163. The summed E-state index contributed by atoms with van der Waals surface area (Å²) in [6.45, 7) is 6.82. The topological polar surface area (TPSA) is 19.4 Å². The number of fused-ring (bicyclic) bond motifs is 5. The Hall–Kier alpha value is -6.97. The van der Waals surface area contributed by atoms with Gasteiger partial charge in [-0.05, 0) is 106 Å². The molecule has 0 saturated heterocycles. The van der Waals surface area contributed by atoms with Gasteiger partial charge >= 0.3 is 0 Å². The van der Waals surface area contributed by atoms with Crippen LogP contribution in [-0.4, -0.2) is 4.98 Å². The standard InChI is InChI=1S/C53H41N3/c1-36-22-27-42(28-23-36)56(51-21-11-15-39-13-5-7-17-45(39)51)52-33-26-40(35-54-52)37-24-29-41(30-25-37)55(50-20-10-14-38-12-4-6-16-44(38)50)43-31-32-47-46-18-8-9-19-48(46)53(2,3)49(47)34-43/h4-35H,1-3H3. The van der Waals surface area contributed by atoms with Crippen LogP contribution >= 0.6 is 0 Å². The van der Waals surface area contributed by atoms with Crippen LogP contribution in [-0.2, 0) is 5.41 Å². The first-order chi connectivity index (χ1) is 27.4. The number of rotatable bonds is 7. The van der Waals surface area contributed by atoms with Crippen LogP contribution in [0.1, 0.15) is 30.5 Å². The van der Waals surface area contributed by atoms with Gasteiger partial charge in [0.05, 0.1) is 11.4 Å². The van der Waals surface area contributed by atoms with Gasteiger partial charge in [-0.1, -0.05) is 147 Å². The molecule has 0 bridgehead atoms. The summed E-state index contributed by atoms with van der Waals surface area (Å²) in [5, 5.41) is 4.82. The molecule has 0 amide bonds. The Morgan fingerprint density at radius 2 is 0.964 bits per heavy atom. The van der Waals surface area contributed by atoms with Crippen molar-refractivity contribution in [3.8, 4) is 22.3 Å². The van der Waals surface area contributed by atoms with Gasteiger partial charge in [0.25, 0.3) is 0 Å². The van der Waals surface area contributed by atoms with Gasteiger partial charge in [-0.3, -0.25) is 4.90 Å². The molecule has 0 atom stereocenters. The van der Waals surface area contributed by atoms with E-state index >= 15 is 0 Å². The Morgan fingerprint density at radius 1 is 0.429 bits per heavy atom. The van der Waals surface area contributed by atoms with Crippen LogP contribution in [0.4, 0.5) is 34.3 Å². The fraction of sp³-hybridized carbons (Fsp3) is 0.0755. The molecule has 8 aromatic carbocycles. The molecule has 1 aliphatic carbocycles. The van der Waals surface area contributed by atoms with E-state index in [2.05, 4.69) is 219 Å².